The topological polar surface area (TPSA) is 24.5 Å². The standard InChI is InChI=1S/C10H24N2O/c1-6-13-8-7-12(5)9-10(2,3)11-4/h11H,6-9H2,1-5H3. The van der Waals surface area contributed by atoms with Gasteiger partial charge in [-0.25, -0.2) is 0 Å². The molecule has 0 radical (unpaired) electrons. The lowest BCUT2D eigenvalue weighted by Gasteiger charge is -2.29. The van der Waals surface area contributed by atoms with Crippen LogP contribution in [0.15, 0.2) is 0 Å². The minimum absolute atomic E-state index is 0.182. The number of rotatable bonds is 7. The highest BCUT2D eigenvalue weighted by molar-refractivity contribution is 4.78. The van der Waals surface area contributed by atoms with Crippen LogP contribution in [-0.2, 0) is 4.74 Å². The van der Waals surface area contributed by atoms with E-state index in [0.29, 0.717) is 0 Å². The second kappa shape index (κ2) is 6.35. The fraction of sp³-hybridized carbons (Fsp3) is 1.00. The van der Waals surface area contributed by atoms with Crippen LogP contribution in [0.5, 0.6) is 0 Å². The van der Waals surface area contributed by atoms with Gasteiger partial charge < -0.3 is 15.0 Å². The first-order valence-corrected chi connectivity index (χ1v) is 4.97. The Kier molecular flexibility index (Phi) is 6.29. The van der Waals surface area contributed by atoms with Crippen LogP contribution in [0.25, 0.3) is 0 Å². The molecule has 0 saturated heterocycles. The Morgan fingerprint density at radius 2 is 2.00 bits per heavy atom. The molecule has 0 saturated carbocycles. The average molecular weight is 188 g/mol. The van der Waals surface area contributed by atoms with Crippen molar-refractivity contribution in [3.8, 4) is 0 Å². The maximum absolute atomic E-state index is 5.29. The van der Waals surface area contributed by atoms with Crippen LogP contribution in [0.3, 0.4) is 0 Å². The number of likely N-dealkylation sites (N-methyl/N-ethyl adjacent to an activating group) is 2. The molecule has 0 bridgehead atoms. The van der Waals surface area contributed by atoms with Crippen LogP contribution < -0.4 is 5.32 Å². The van der Waals surface area contributed by atoms with Crippen molar-refractivity contribution in [1.29, 1.82) is 0 Å². The van der Waals surface area contributed by atoms with E-state index in [4.69, 9.17) is 4.74 Å². The highest BCUT2D eigenvalue weighted by Crippen LogP contribution is 2.02. The smallest absolute Gasteiger partial charge is 0.0593 e. The fourth-order valence-corrected chi connectivity index (χ4v) is 1.20. The molecule has 0 aliphatic carbocycles. The highest BCUT2D eigenvalue weighted by atomic mass is 16.5. The summed E-state index contributed by atoms with van der Waals surface area (Å²) >= 11 is 0. The number of nitrogens with zero attached hydrogens (tertiary/aromatic N) is 1. The maximum atomic E-state index is 5.29. The van der Waals surface area contributed by atoms with Gasteiger partial charge in [-0.05, 0) is 34.9 Å². The Morgan fingerprint density at radius 1 is 1.38 bits per heavy atom. The molecular weight excluding hydrogens is 164 g/mol. The Hall–Kier alpha value is -0.120. The first-order valence-electron chi connectivity index (χ1n) is 4.97. The molecule has 0 atom stereocenters. The predicted octanol–water partition coefficient (Wildman–Crippen LogP) is 0.953. The molecule has 3 heteroatoms. The minimum Gasteiger partial charge on any atom is -0.380 e. The summed E-state index contributed by atoms with van der Waals surface area (Å²) in [5.74, 6) is 0. The fourth-order valence-electron chi connectivity index (χ4n) is 1.20. The monoisotopic (exact) mass is 188 g/mol. The summed E-state index contributed by atoms with van der Waals surface area (Å²) in [6.45, 7) is 10.1. The number of nitrogens with one attached hydrogen (secondary N) is 1. The normalized spacial score (nSPS) is 12.5. The van der Waals surface area contributed by atoms with E-state index in [0.717, 1.165) is 26.3 Å². The molecule has 0 spiro atoms. The Labute approximate surface area is 82.4 Å². The van der Waals surface area contributed by atoms with E-state index < -0.39 is 0 Å². The molecule has 0 aliphatic rings. The summed E-state index contributed by atoms with van der Waals surface area (Å²) < 4.78 is 5.29. The SMILES string of the molecule is CCOCCN(C)CC(C)(C)NC. The van der Waals surface area contributed by atoms with Gasteiger partial charge in [0.25, 0.3) is 0 Å². The van der Waals surface area contributed by atoms with Crippen molar-refractivity contribution in [2.45, 2.75) is 26.3 Å². The number of ether oxygens (including phenoxy) is 1. The molecule has 0 aromatic carbocycles. The molecule has 0 heterocycles. The number of hydrogen-bond acceptors (Lipinski definition) is 3. The summed E-state index contributed by atoms with van der Waals surface area (Å²) in [4.78, 5) is 2.28. The van der Waals surface area contributed by atoms with Gasteiger partial charge in [-0.15, -0.1) is 0 Å². The summed E-state index contributed by atoms with van der Waals surface area (Å²) in [5, 5.41) is 3.28. The van der Waals surface area contributed by atoms with Crippen molar-refractivity contribution >= 4 is 0 Å². The van der Waals surface area contributed by atoms with Gasteiger partial charge >= 0.3 is 0 Å². The van der Waals surface area contributed by atoms with E-state index >= 15 is 0 Å². The largest absolute Gasteiger partial charge is 0.380 e. The zero-order chi connectivity index (χ0) is 10.3. The lowest BCUT2D eigenvalue weighted by atomic mass is 10.1. The second-order valence-electron chi connectivity index (χ2n) is 4.07. The van der Waals surface area contributed by atoms with Crippen molar-refractivity contribution in [3.05, 3.63) is 0 Å². The summed E-state index contributed by atoms with van der Waals surface area (Å²) in [6, 6.07) is 0. The lowest BCUT2D eigenvalue weighted by molar-refractivity contribution is 0.113. The molecule has 0 aromatic heterocycles. The first kappa shape index (κ1) is 12.9. The minimum atomic E-state index is 0.182. The predicted molar refractivity (Wildman–Crippen MR) is 57.1 cm³/mol. The summed E-state index contributed by atoms with van der Waals surface area (Å²) in [5.41, 5.74) is 0.182. The first-order chi connectivity index (χ1) is 6.02. The Balaban J connectivity index is 3.55. The zero-order valence-corrected chi connectivity index (χ0v) is 9.68. The molecular formula is C10H24N2O. The van der Waals surface area contributed by atoms with Crippen LogP contribution in [0, 0.1) is 0 Å². The van der Waals surface area contributed by atoms with Crippen molar-refractivity contribution in [3.63, 3.8) is 0 Å². The molecule has 0 fully saturated rings. The second-order valence-corrected chi connectivity index (χ2v) is 4.07. The van der Waals surface area contributed by atoms with Crippen LogP contribution in [0.4, 0.5) is 0 Å². The molecule has 0 unspecified atom stereocenters. The molecule has 0 aromatic rings. The van der Waals surface area contributed by atoms with Crippen molar-refractivity contribution in [2.75, 3.05) is 40.4 Å². The third-order valence-corrected chi connectivity index (χ3v) is 2.16. The van der Waals surface area contributed by atoms with E-state index in [1.807, 2.05) is 14.0 Å². The van der Waals surface area contributed by atoms with Gasteiger partial charge in [0.1, 0.15) is 0 Å². The third kappa shape index (κ3) is 6.99. The van der Waals surface area contributed by atoms with E-state index in [1.54, 1.807) is 0 Å². The summed E-state index contributed by atoms with van der Waals surface area (Å²) in [6.07, 6.45) is 0. The summed E-state index contributed by atoms with van der Waals surface area (Å²) in [7, 11) is 4.12. The van der Waals surface area contributed by atoms with E-state index in [9.17, 15) is 0 Å². The van der Waals surface area contributed by atoms with E-state index in [-0.39, 0.29) is 5.54 Å². The lowest BCUT2D eigenvalue weighted by Crippen LogP contribution is -2.46. The molecule has 0 rings (SSSR count). The molecule has 0 aliphatic heterocycles. The van der Waals surface area contributed by atoms with Crippen LogP contribution >= 0.6 is 0 Å². The molecule has 80 valence electrons. The molecule has 1 N–H and O–H groups in total. The molecule has 0 amide bonds. The quantitative estimate of drug-likeness (QED) is 0.602. The number of hydrogen-bond donors (Lipinski definition) is 1. The van der Waals surface area contributed by atoms with Gasteiger partial charge in [-0.2, -0.15) is 0 Å². The molecule has 13 heavy (non-hydrogen) atoms. The third-order valence-electron chi connectivity index (χ3n) is 2.16. The van der Waals surface area contributed by atoms with Crippen molar-refractivity contribution < 1.29 is 4.74 Å². The Bertz CT molecular complexity index is 126. The van der Waals surface area contributed by atoms with Gasteiger partial charge in [-0.1, -0.05) is 0 Å². The zero-order valence-electron chi connectivity index (χ0n) is 9.68. The van der Waals surface area contributed by atoms with Gasteiger partial charge in [0.05, 0.1) is 6.61 Å². The Morgan fingerprint density at radius 3 is 2.46 bits per heavy atom. The van der Waals surface area contributed by atoms with Crippen molar-refractivity contribution in [1.82, 2.24) is 10.2 Å². The van der Waals surface area contributed by atoms with Crippen LogP contribution in [0.2, 0.25) is 0 Å². The van der Waals surface area contributed by atoms with E-state index in [1.165, 1.54) is 0 Å². The van der Waals surface area contributed by atoms with E-state index in [2.05, 4.69) is 31.1 Å². The highest BCUT2D eigenvalue weighted by Gasteiger charge is 2.16. The van der Waals surface area contributed by atoms with Gasteiger partial charge in [0.2, 0.25) is 0 Å². The van der Waals surface area contributed by atoms with Gasteiger partial charge in [0, 0.05) is 25.2 Å². The average Bonchev–Trinajstić information content (AvgIpc) is 2.04. The van der Waals surface area contributed by atoms with Gasteiger partial charge in [0.15, 0.2) is 0 Å². The van der Waals surface area contributed by atoms with Crippen molar-refractivity contribution in [2.24, 2.45) is 0 Å². The van der Waals surface area contributed by atoms with Crippen LogP contribution in [-0.4, -0.2) is 50.8 Å². The maximum Gasteiger partial charge on any atom is 0.0593 e. The molecule has 3 nitrogen and oxygen atoms in total. The van der Waals surface area contributed by atoms with Crippen LogP contribution in [0.1, 0.15) is 20.8 Å². The van der Waals surface area contributed by atoms with Gasteiger partial charge in [-0.3, -0.25) is 0 Å².